The van der Waals surface area contributed by atoms with Crippen LogP contribution in [0.4, 0.5) is 20.4 Å². The molecule has 0 radical (unpaired) electrons. The van der Waals surface area contributed by atoms with Gasteiger partial charge in [0.05, 0.1) is 13.2 Å². The highest BCUT2D eigenvalue weighted by molar-refractivity contribution is 5.49. The fourth-order valence-corrected chi connectivity index (χ4v) is 1.73. The second-order valence-electron chi connectivity index (χ2n) is 4.72. The molecule has 1 heterocycles. The summed E-state index contributed by atoms with van der Waals surface area (Å²) in [5, 5.41) is 12.1. The number of anilines is 2. The molecule has 0 atom stereocenters. The Labute approximate surface area is 118 Å². The van der Waals surface area contributed by atoms with Crippen molar-refractivity contribution >= 4 is 11.6 Å². The highest BCUT2D eigenvalue weighted by Gasteiger charge is 2.16. The molecular formula is C13H22F2N4O. The van der Waals surface area contributed by atoms with Crippen LogP contribution in [0.5, 0.6) is 0 Å². The van der Waals surface area contributed by atoms with Crippen LogP contribution in [-0.4, -0.2) is 47.7 Å². The number of aromatic nitrogens is 2. The van der Waals surface area contributed by atoms with Gasteiger partial charge in [0.1, 0.15) is 17.5 Å². The summed E-state index contributed by atoms with van der Waals surface area (Å²) in [7, 11) is 0. The van der Waals surface area contributed by atoms with Gasteiger partial charge in [-0.3, -0.25) is 0 Å². The minimum Gasteiger partial charge on any atom is -0.395 e. The number of aliphatic hydroxyl groups excluding tert-OH is 1. The number of nitrogens with one attached hydrogen (secondary N) is 1. The van der Waals surface area contributed by atoms with Gasteiger partial charge in [0.15, 0.2) is 0 Å². The van der Waals surface area contributed by atoms with Crippen molar-refractivity contribution in [2.75, 3.05) is 36.5 Å². The lowest BCUT2D eigenvalue weighted by atomic mass is 10.2. The second kappa shape index (κ2) is 7.94. The Morgan fingerprint density at radius 2 is 2.05 bits per heavy atom. The van der Waals surface area contributed by atoms with Crippen molar-refractivity contribution in [3.63, 3.8) is 0 Å². The van der Waals surface area contributed by atoms with Gasteiger partial charge >= 0.3 is 0 Å². The predicted octanol–water partition coefficient (Wildman–Crippen LogP) is 2.10. The lowest BCUT2D eigenvalue weighted by molar-refractivity contribution is 0.152. The molecule has 1 rings (SSSR count). The maximum Gasteiger partial charge on any atom is 0.255 e. The molecule has 0 bridgehead atoms. The Morgan fingerprint density at radius 1 is 1.35 bits per heavy atom. The number of nitrogens with zero attached hydrogens (tertiary/aromatic N) is 3. The molecule has 20 heavy (non-hydrogen) atoms. The largest absolute Gasteiger partial charge is 0.395 e. The lowest BCUT2D eigenvalue weighted by Crippen LogP contribution is -2.32. The first-order valence-electron chi connectivity index (χ1n) is 6.74. The third-order valence-electron chi connectivity index (χ3n) is 2.66. The van der Waals surface area contributed by atoms with E-state index in [0.717, 1.165) is 0 Å². The van der Waals surface area contributed by atoms with Gasteiger partial charge in [0.25, 0.3) is 6.43 Å². The molecule has 0 aliphatic heterocycles. The highest BCUT2D eigenvalue weighted by atomic mass is 19.3. The molecule has 0 saturated carbocycles. The first kappa shape index (κ1) is 16.6. The van der Waals surface area contributed by atoms with Crippen molar-refractivity contribution < 1.29 is 13.9 Å². The highest BCUT2D eigenvalue weighted by Crippen LogP contribution is 2.20. The molecule has 1 aromatic rings. The van der Waals surface area contributed by atoms with Gasteiger partial charge in [0.2, 0.25) is 0 Å². The minimum absolute atomic E-state index is 0.0925. The molecule has 5 nitrogen and oxygen atoms in total. The van der Waals surface area contributed by atoms with Gasteiger partial charge in [0, 0.05) is 25.1 Å². The first-order valence-corrected chi connectivity index (χ1v) is 6.74. The second-order valence-corrected chi connectivity index (χ2v) is 4.72. The van der Waals surface area contributed by atoms with Crippen molar-refractivity contribution in [3.8, 4) is 0 Å². The molecule has 2 N–H and O–H groups in total. The Hall–Kier alpha value is -1.50. The van der Waals surface area contributed by atoms with Crippen molar-refractivity contribution in [1.29, 1.82) is 0 Å². The smallest absolute Gasteiger partial charge is 0.255 e. The SMILES string of the molecule is CCNc1cc(N(CCO)CC(F)F)nc(C(C)C)n1. The number of aliphatic hydroxyl groups is 1. The number of halogens is 2. The Kier molecular flexibility index (Phi) is 6.57. The summed E-state index contributed by atoms with van der Waals surface area (Å²) >= 11 is 0. The Bertz CT molecular complexity index is 415. The minimum atomic E-state index is -2.48. The number of rotatable bonds is 8. The van der Waals surface area contributed by atoms with Crippen LogP contribution in [0.2, 0.25) is 0 Å². The molecule has 1 aromatic heterocycles. The zero-order valence-electron chi connectivity index (χ0n) is 12.1. The van der Waals surface area contributed by atoms with Gasteiger partial charge < -0.3 is 15.3 Å². The van der Waals surface area contributed by atoms with Crippen molar-refractivity contribution in [2.45, 2.75) is 33.1 Å². The van der Waals surface area contributed by atoms with Crippen LogP contribution >= 0.6 is 0 Å². The summed E-state index contributed by atoms with van der Waals surface area (Å²) in [5.41, 5.74) is 0. The number of alkyl halides is 2. The summed E-state index contributed by atoms with van der Waals surface area (Å²) in [4.78, 5) is 10.0. The number of hydrogen-bond donors (Lipinski definition) is 2. The summed E-state index contributed by atoms with van der Waals surface area (Å²) in [6, 6.07) is 1.63. The molecule has 0 aliphatic carbocycles. The summed E-state index contributed by atoms with van der Waals surface area (Å²) in [6.07, 6.45) is -2.48. The fraction of sp³-hybridized carbons (Fsp3) is 0.692. The van der Waals surface area contributed by atoms with Crippen LogP contribution in [0.25, 0.3) is 0 Å². The monoisotopic (exact) mass is 288 g/mol. The van der Waals surface area contributed by atoms with Crippen LogP contribution in [0.3, 0.4) is 0 Å². The van der Waals surface area contributed by atoms with E-state index in [1.54, 1.807) is 6.07 Å². The maximum absolute atomic E-state index is 12.6. The third kappa shape index (κ3) is 4.88. The topological polar surface area (TPSA) is 61.3 Å². The van der Waals surface area contributed by atoms with Crippen molar-refractivity contribution in [1.82, 2.24) is 9.97 Å². The molecule has 7 heteroatoms. The third-order valence-corrected chi connectivity index (χ3v) is 2.66. The Balaban J connectivity index is 3.10. The van der Waals surface area contributed by atoms with Crippen LogP contribution < -0.4 is 10.2 Å². The van der Waals surface area contributed by atoms with Crippen LogP contribution in [0, 0.1) is 0 Å². The van der Waals surface area contributed by atoms with Gasteiger partial charge in [-0.2, -0.15) is 0 Å². The van der Waals surface area contributed by atoms with E-state index in [2.05, 4.69) is 15.3 Å². The van der Waals surface area contributed by atoms with E-state index in [-0.39, 0.29) is 19.1 Å². The Morgan fingerprint density at radius 3 is 2.55 bits per heavy atom. The van der Waals surface area contributed by atoms with E-state index in [0.29, 0.717) is 24.0 Å². The predicted molar refractivity (Wildman–Crippen MR) is 75.6 cm³/mol. The van der Waals surface area contributed by atoms with Crippen LogP contribution in [0.15, 0.2) is 6.07 Å². The van der Waals surface area contributed by atoms with Crippen molar-refractivity contribution in [3.05, 3.63) is 11.9 Å². The van der Waals surface area contributed by atoms with Crippen molar-refractivity contribution in [2.24, 2.45) is 0 Å². The fourth-order valence-electron chi connectivity index (χ4n) is 1.73. The summed E-state index contributed by atoms with van der Waals surface area (Å²) in [6.45, 7) is 5.95. The molecule has 0 aliphatic rings. The lowest BCUT2D eigenvalue weighted by Gasteiger charge is -2.23. The summed E-state index contributed by atoms with van der Waals surface area (Å²) < 4.78 is 25.2. The molecular weight excluding hydrogens is 266 g/mol. The van der Waals surface area contributed by atoms with Crippen LogP contribution in [-0.2, 0) is 0 Å². The van der Waals surface area contributed by atoms with Gasteiger partial charge in [-0.1, -0.05) is 13.8 Å². The quantitative estimate of drug-likeness (QED) is 0.767. The van der Waals surface area contributed by atoms with Gasteiger partial charge in [-0.05, 0) is 6.92 Å². The average molecular weight is 288 g/mol. The zero-order valence-corrected chi connectivity index (χ0v) is 12.1. The van der Waals surface area contributed by atoms with E-state index in [1.807, 2.05) is 20.8 Å². The molecule has 0 saturated heterocycles. The first-order chi connectivity index (χ1) is 9.47. The molecule has 0 aromatic carbocycles. The van der Waals surface area contributed by atoms with Crippen LogP contribution in [0.1, 0.15) is 32.5 Å². The maximum atomic E-state index is 12.6. The zero-order chi connectivity index (χ0) is 15.1. The molecule has 0 unspecified atom stereocenters. The van der Waals surface area contributed by atoms with Gasteiger partial charge in [-0.25, -0.2) is 18.7 Å². The molecule has 0 spiro atoms. The van der Waals surface area contributed by atoms with E-state index in [9.17, 15) is 8.78 Å². The average Bonchev–Trinajstić information content (AvgIpc) is 2.37. The number of hydrogen-bond acceptors (Lipinski definition) is 5. The van der Waals surface area contributed by atoms with E-state index in [1.165, 1.54) is 4.90 Å². The standard InChI is InChI=1S/C13H22F2N4O/c1-4-16-11-7-12(18-13(17-11)9(2)3)19(5-6-20)8-10(14)15/h7,9-10,20H,4-6,8H2,1-3H3,(H,16,17,18). The van der Waals surface area contributed by atoms with E-state index in [4.69, 9.17) is 5.11 Å². The van der Waals surface area contributed by atoms with E-state index < -0.39 is 13.0 Å². The van der Waals surface area contributed by atoms with Gasteiger partial charge in [-0.15, -0.1) is 0 Å². The summed E-state index contributed by atoms with van der Waals surface area (Å²) in [5.74, 6) is 1.71. The van der Waals surface area contributed by atoms with E-state index >= 15 is 0 Å². The molecule has 0 fully saturated rings. The molecule has 0 amide bonds. The molecule has 114 valence electrons. The normalized spacial score (nSPS) is 11.2.